The van der Waals surface area contributed by atoms with E-state index in [1.807, 2.05) is 7.05 Å². The molecular formula is C13H25NO2. The molecule has 0 fully saturated rings. The van der Waals surface area contributed by atoms with Gasteiger partial charge in [0.1, 0.15) is 5.78 Å². The molecule has 0 saturated heterocycles. The van der Waals surface area contributed by atoms with E-state index in [2.05, 4.69) is 13.8 Å². The molecule has 0 bridgehead atoms. The van der Waals surface area contributed by atoms with E-state index >= 15 is 0 Å². The highest BCUT2D eigenvalue weighted by Crippen LogP contribution is 2.06. The standard InChI is InChI=1S/C13H25NO2/c1-11(2)10-14(4)13(16)9-7-5-6-8-12(3)15/h11H,5-10H2,1-4H3. The number of carbonyl (C=O) groups is 2. The molecule has 0 saturated carbocycles. The zero-order chi connectivity index (χ0) is 12.6. The van der Waals surface area contributed by atoms with Crippen molar-refractivity contribution in [1.82, 2.24) is 4.90 Å². The van der Waals surface area contributed by atoms with Gasteiger partial charge < -0.3 is 9.69 Å². The smallest absolute Gasteiger partial charge is 0.222 e. The van der Waals surface area contributed by atoms with Crippen LogP contribution in [-0.2, 0) is 9.59 Å². The lowest BCUT2D eigenvalue weighted by molar-refractivity contribution is -0.130. The second-order valence-corrected chi connectivity index (χ2v) is 4.93. The molecule has 0 aromatic heterocycles. The van der Waals surface area contributed by atoms with Crippen molar-refractivity contribution in [1.29, 1.82) is 0 Å². The first-order valence-electron chi connectivity index (χ1n) is 6.17. The van der Waals surface area contributed by atoms with Crippen molar-refractivity contribution in [2.75, 3.05) is 13.6 Å². The Morgan fingerprint density at radius 1 is 1.06 bits per heavy atom. The van der Waals surface area contributed by atoms with Gasteiger partial charge in [0.25, 0.3) is 0 Å². The quantitative estimate of drug-likeness (QED) is 0.598. The lowest BCUT2D eigenvalue weighted by Crippen LogP contribution is -2.29. The molecule has 16 heavy (non-hydrogen) atoms. The predicted octanol–water partition coefficient (Wildman–Crippen LogP) is 2.64. The fourth-order valence-corrected chi connectivity index (χ4v) is 1.67. The highest BCUT2D eigenvalue weighted by Gasteiger charge is 2.09. The average molecular weight is 227 g/mol. The van der Waals surface area contributed by atoms with E-state index in [1.54, 1.807) is 11.8 Å². The van der Waals surface area contributed by atoms with Crippen LogP contribution in [0.4, 0.5) is 0 Å². The number of hydrogen-bond acceptors (Lipinski definition) is 2. The van der Waals surface area contributed by atoms with Crippen molar-refractivity contribution in [3.05, 3.63) is 0 Å². The zero-order valence-electron chi connectivity index (χ0n) is 11.1. The maximum absolute atomic E-state index is 11.6. The molecule has 0 radical (unpaired) electrons. The molecule has 3 nitrogen and oxygen atoms in total. The van der Waals surface area contributed by atoms with Gasteiger partial charge in [-0.05, 0) is 25.7 Å². The summed E-state index contributed by atoms with van der Waals surface area (Å²) in [6, 6.07) is 0. The van der Waals surface area contributed by atoms with E-state index in [-0.39, 0.29) is 11.7 Å². The van der Waals surface area contributed by atoms with Gasteiger partial charge in [0, 0.05) is 26.4 Å². The summed E-state index contributed by atoms with van der Waals surface area (Å²) in [7, 11) is 1.86. The average Bonchev–Trinajstić information content (AvgIpc) is 2.15. The molecule has 94 valence electrons. The van der Waals surface area contributed by atoms with E-state index in [9.17, 15) is 9.59 Å². The topological polar surface area (TPSA) is 37.4 Å². The first-order valence-corrected chi connectivity index (χ1v) is 6.17. The van der Waals surface area contributed by atoms with E-state index in [1.165, 1.54) is 0 Å². The first kappa shape index (κ1) is 15.1. The number of ketones is 1. The van der Waals surface area contributed by atoms with Gasteiger partial charge in [-0.15, -0.1) is 0 Å². The van der Waals surface area contributed by atoms with Gasteiger partial charge in [-0.25, -0.2) is 0 Å². The Balaban J connectivity index is 3.53. The van der Waals surface area contributed by atoms with Crippen LogP contribution in [0, 0.1) is 5.92 Å². The Bertz CT molecular complexity index is 224. The summed E-state index contributed by atoms with van der Waals surface area (Å²) in [5, 5.41) is 0. The van der Waals surface area contributed by atoms with Crippen molar-refractivity contribution < 1.29 is 9.59 Å². The van der Waals surface area contributed by atoms with Gasteiger partial charge in [0.15, 0.2) is 0 Å². The summed E-state index contributed by atoms with van der Waals surface area (Å²) in [5.41, 5.74) is 0. The summed E-state index contributed by atoms with van der Waals surface area (Å²) >= 11 is 0. The third-order valence-electron chi connectivity index (χ3n) is 2.48. The van der Waals surface area contributed by atoms with Crippen molar-refractivity contribution in [3.63, 3.8) is 0 Å². The monoisotopic (exact) mass is 227 g/mol. The van der Waals surface area contributed by atoms with Crippen LogP contribution in [0.5, 0.6) is 0 Å². The Hall–Kier alpha value is -0.860. The van der Waals surface area contributed by atoms with E-state index in [4.69, 9.17) is 0 Å². The van der Waals surface area contributed by atoms with Crippen LogP contribution < -0.4 is 0 Å². The van der Waals surface area contributed by atoms with Crippen LogP contribution in [0.3, 0.4) is 0 Å². The molecule has 0 unspecified atom stereocenters. The third kappa shape index (κ3) is 8.45. The van der Waals surface area contributed by atoms with Gasteiger partial charge in [-0.2, -0.15) is 0 Å². The van der Waals surface area contributed by atoms with Crippen LogP contribution >= 0.6 is 0 Å². The molecule has 0 aliphatic heterocycles. The Kier molecular flexibility index (Phi) is 7.86. The minimum Gasteiger partial charge on any atom is -0.346 e. The maximum Gasteiger partial charge on any atom is 0.222 e. The second kappa shape index (κ2) is 8.31. The number of carbonyl (C=O) groups excluding carboxylic acids is 2. The summed E-state index contributed by atoms with van der Waals surface area (Å²) in [6.45, 7) is 6.65. The van der Waals surface area contributed by atoms with Crippen LogP contribution in [0.1, 0.15) is 52.9 Å². The minimum absolute atomic E-state index is 0.219. The van der Waals surface area contributed by atoms with Gasteiger partial charge in [0.05, 0.1) is 0 Å². The van der Waals surface area contributed by atoms with Gasteiger partial charge in [0.2, 0.25) is 5.91 Å². The molecule has 0 heterocycles. The fraction of sp³-hybridized carbons (Fsp3) is 0.846. The zero-order valence-corrected chi connectivity index (χ0v) is 11.1. The summed E-state index contributed by atoms with van der Waals surface area (Å²) < 4.78 is 0. The summed E-state index contributed by atoms with van der Waals surface area (Å²) in [6.07, 6.45) is 4.04. The van der Waals surface area contributed by atoms with Crippen LogP contribution in [0.25, 0.3) is 0 Å². The van der Waals surface area contributed by atoms with Crippen molar-refractivity contribution in [3.8, 4) is 0 Å². The second-order valence-electron chi connectivity index (χ2n) is 4.93. The van der Waals surface area contributed by atoms with Gasteiger partial charge in [-0.3, -0.25) is 4.79 Å². The highest BCUT2D eigenvalue weighted by atomic mass is 16.2. The normalized spacial score (nSPS) is 10.6. The number of nitrogens with zero attached hydrogens (tertiary/aromatic N) is 1. The number of unbranched alkanes of at least 4 members (excludes halogenated alkanes) is 2. The maximum atomic E-state index is 11.6. The summed E-state index contributed by atoms with van der Waals surface area (Å²) in [5.74, 6) is 0.978. The molecule has 1 amide bonds. The highest BCUT2D eigenvalue weighted by molar-refractivity contribution is 5.76. The molecule has 0 aliphatic rings. The number of Topliss-reactive ketones (excluding diaryl/α,β-unsaturated/α-hetero) is 1. The minimum atomic E-state index is 0.219. The SMILES string of the molecule is CC(=O)CCCCCC(=O)N(C)CC(C)C. The lowest BCUT2D eigenvalue weighted by atomic mass is 10.1. The molecule has 0 rings (SSSR count). The predicted molar refractivity (Wildman–Crippen MR) is 66.2 cm³/mol. The Morgan fingerprint density at radius 2 is 1.62 bits per heavy atom. The number of rotatable bonds is 8. The van der Waals surface area contributed by atoms with Crippen molar-refractivity contribution >= 4 is 11.7 Å². The summed E-state index contributed by atoms with van der Waals surface area (Å²) in [4.78, 5) is 24.1. The largest absolute Gasteiger partial charge is 0.346 e. The van der Waals surface area contributed by atoms with Crippen LogP contribution in [-0.4, -0.2) is 30.2 Å². The Labute approximate surface area is 99.2 Å². The van der Waals surface area contributed by atoms with E-state index in [0.29, 0.717) is 18.8 Å². The molecule has 0 aliphatic carbocycles. The molecule has 0 atom stereocenters. The lowest BCUT2D eigenvalue weighted by Gasteiger charge is -2.19. The van der Waals surface area contributed by atoms with Crippen LogP contribution in [0.15, 0.2) is 0 Å². The number of amides is 1. The number of hydrogen-bond donors (Lipinski definition) is 0. The Morgan fingerprint density at radius 3 is 2.12 bits per heavy atom. The van der Waals surface area contributed by atoms with Crippen LogP contribution in [0.2, 0.25) is 0 Å². The van der Waals surface area contributed by atoms with Gasteiger partial charge >= 0.3 is 0 Å². The molecule has 0 aromatic carbocycles. The molecular weight excluding hydrogens is 202 g/mol. The third-order valence-corrected chi connectivity index (χ3v) is 2.48. The van der Waals surface area contributed by atoms with E-state index < -0.39 is 0 Å². The molecule has 0 spiro atoms. The van der Waals surface area contributed by atoms with Crippen molar-refractivity contribution in [2.45, 2.75) is 52.9 Å². The molecule has 3 heteroatoms. The molecule has 0 N–H and O–H groups in total. The fourth-order valence-electron chi connectivity index (χ4n) is 1.67. The molecule has 0 aromatic rings. The van der Waals surface area contributed by atoms with E-state index in [0.717, 1.165) is 25.8 Å². The van der Waals surface area contributed by atoms with Gasteiger partial charge in [-0.1, -0.05) is 20.3 Å². The first-order chi connectivity index (χ1) is 7.43. The van der Waals surface area contributed by atoms with Crippen molar-refractivity contribution in [2.24, 2.45) is 5.92 Å².